The van der Waals surface area contributed by atoms with Gasteiger partial charge in [0.05, 0.1) is 6.33 Å². The van der Waals surface area contributed by atoms with E-state index in [1.54, 1.807) is 17.1 Å². The number of hydrogen-bond donors (Lipinski definition) is 0. The van der Waals surface area contributed by atoms with E-state index >= 15 is 0 Å². The third-order valence-electron chi connectivity index (χ3n) is 1.80. The Kier molecular flexibility index (Phi) is 2.52. The second-order valence-electron chi connectivity index (χ2n) is 2.89. The first-order valence-electron chi connectivity index (χ1n) is 3.93. The van der Waals surface area contributed by atoms with Crippen LogP contribution in [-0.4, -0.2) is 15.3 Å². The van der Waals surface area contributed by atoms with Gasteiger partial charge < -0.3 is 4.57 Å². The minimum atomic E-state index is -0.0428. The molecule has 0 fully saturated rings. The van der Waals surface area contributed by atoms with Gasteiger partial charge in [-0.15, -0.1) is 0 Å². The highest BCUT2D eigenvalue weighted by Gasteiger charge is 2.15. The molecule has 0 radical (unpaired) electrons. The molecule has 0 aliphatic carbocycles. The van der Waals surface area contributed by atoms with Crippen molar-refractivity contribution in [3.8, 4) is 0 Å². The van der Waals surface area contributed by atoms with Crippen molar-refractivity contribution in [2.24, 2.45) is 7.05 Å². The molecule has 0 amide bonds. The van der Waals surface area contributed by atoms with Crippen molar-refractivity contribution in [3.05, 3.63) is 39.0 Å². The zero-order chi connectivity index (χ0) is 10.1. The van der Waals surface area contributed by atoms with Crippen LogP contribution in [-0.2, 0) is 7.05 Å². The molecule has 0 saturated carbocycles. The molecule has 72 valence electrons. The molecule has 0 saturated heterocycles. The maximum atomic E-state index is 11.8. The number of hydrogen-bond acceptors (Lipinski definition) is 3. The Morgan fingerprint density at radius 1 is 1.57 bits per heavy atom. The Hall–Kier alpha value is -0.940. The van der Waals surface area contributed by atoms with Gasteiger partial charge >= 0.3 is 0 Å². The molecule has 0 unspecified atom stereocenters. The normalized spacial score (nSPS) is 10.4. The fourth-order valence-electron chi connectivity index (χ4n) is 1.11. The minimum absolute atomic E-state index is 0.0428. The lowest BCUT2D eigenvalue weighted by atomic mass is 10.2. The van der Waals surface area contributed by atoms with E-state index in [0.717, 1.165) is 4.47 Å². The lowest BCUT2D eigenvalue weighted by Gasteiger charge is -1.93. The summed E-state index contributed by atoms with van der Waals surface area (Å²) in [6.07, 6.45) is 3.33. The molecule has 3 nitrogen and oxygen atoms in total. The number of aryl methyl sites for hydroxylation is 1. The van der Waals surface area contributed by atoms with Crippen LogP contribution in [0, 0.1) is 0 Å². The monoisotopic (exact) mass is 270 g/mol. The number of thiophene rings is 1. The summed E-state index contributed by atoms with van der Waals surface area (Å²) in [6.45, 7) is 0. The van der Waals surface area contributed by atoms with E-state index in [0.29, 0.717) is 11.3 Å². The molecule has 0 aliphatic heterocycles. The Bertz CT molecular complexity index is 475. The lowest BCUT2D eigenvalue weighted by Crippen LogP contribution is -2.00. The number of carbonyl (C=O) groups is 1. The van der Waals surface area contributed by atoms with E-state index in [2.05, 4.69) is 20.9 Å². The van der Waals surface area contributed by atoms with Gasteiger partial charge in [-0.25, -0.2) is 4.98 Å². The van der Waals surface area contributed by atoms with Crippen molar-refractivity contribution in [2.75, 3.05) is 0 Å². The molecule has 2 heterocycles. The van der Waals surface area contributed by atoms with Gasteiger partial charge in [-0.2, -0.15) is 11.3 Å². The summed E-state index contributed by atoms with van der Waals surface area (Å²) >= 11 is 4.82. The predicted molar refractivity (Wildman–Crippen MR) is 58.7 cm³/mol. The summed E-state index contributed by atoms with van der Waals surface area (Å²) in [5.74, 6) is -0.0428. The summed E-state index contributed by atoms with van der Waals surface area (Å²) in [4.78, 5) is 15.9. The maximum absolute atomic E-state index is 11.8. The molecule has 0 aliphatic rings. The van der Waals surface area contributed by atoms with E-state index in [4.69, 9.17) is 0 Å². The zero-order valence-electron chi connectivity index (χ0n) is 7.40. The first-order chi connectivity index (χ1) is 6.68. The molecule has 0 spiro atoms. The van der Waals surface area contributed by atoms with Crippen LogP contribution in [0.2, 0.25) is 0 Å². The first-order valence-corrected chi connectivity index (χ1v) is 5.66. The number of ketones is 1. The average Bonchev–Trinajstić information content (AvgIpc) is 2.73. The van der Waals surface area contributed by atoms with Gasteiger partial charge in [0.25, 0.3) is 0 Å². The van der Waals surface area contributed by atoms with E-state index < -0.39 is 0 Å². The van der Waals surface area contributed by atoms with Crippen molar-refractivity contribution in [3.63, 3.8) is 0 Å². The molecule has 0 N–H and O–H groups in total. The van der Waals surface area contributed by atoms with Crippen molar-refractivity contribution < 1.29 is 4.79 Å². The van der Waals surface area contributed by atoms with Crippen LogP contribution in [0.3, 0.4) is 0 Å². The second-order valence-corrected chi connectivity index (χ2v) is 4.48. The van der Waals surface area contributed by atoms with Crippen molar-refractivity contribution in [1.82, 2.24) is 9.55 Å². The van der Waals surface area contributed by atoms with Crippen LogP contribution < -0.4 is 0 Å². The fourth-order valence-corrected chi connectivity index (χ4v) is 2.57. The number of halogens is 1. The third kappa shape index (κ3) is 1.65. The average molecular weight is 271 g/mol. The first kappa shape index (κ1) is 9.61. The van der Waals surface area contributed by atoms with Crippen LogP contribution in [0.1, 0.15) is 16.1 Å². The number of nitrogens with zero attached hydrogens (tertiary/aromatic N) is 2. The third-order valence-corrected chi connectivity index (χ3v) is 3.50. The number of aromatic nitrogens is 2. The second kappa shape index (κ2) is 3.67. The molecule has 5 heteroatoms. The molecular weight excluding hydrogens is 264 g/mol. The van der Waals surface area contributed by atoms with Crippen LogP contribution >= 0.6 is 27.3 Å². The predicted octanol–water partition coefficient (Wildman–Crippen LogP) is 2.48. The van der Waals surface area contributed by atoms with Gasteiger partial charge in [0.15, 0.2) is 0 Å². The van der Waals surface area contributed by atoms with Crippen molar-refractivity contribution in [2.45, 2.75) is 0 Å². The minimum Gasteiger partial charge on any atom is -0.340 e. The summed E-state index contributed by atoms with van der Waals surface area (Å²) in [6, 6.07) is 0. The van der Waals surface area contributed by atoms with Gasteiger partial charge in [-0.3, -0.25) is 4.79 Å². The molecule has 0 aromatic carbocycles. The molecule has 0 atom stereocenters. The molecule has 2 rings (SSSR count). The van der Waals surface area contributed by atoms with Crippen LogP contribution in [0.15, 0.2) is 27.8 Å². The highest BCUT2D eigenvalue weighted by Crippen LogP contribution is 2.23. The summed E-state index contributed by atoms with van der Waals surface area (Å²) in [5, 5.41) is 3.71. The van der Waals surface area contributed by atoms with Crippen molar-refractivity contribution >= 4 is 33.0 Å². The Labute approximate surface area is 93.5 Å². The lowest BCUT2D eigenvalue weighted by molar-refractivity contribution is 0.103. The highest BCUT2D eigenvalue weighted by molar-refractivity contribution is 9.10. The van der Waals surface area contributed by atoms with E-state index in [1.807, 2.05) is 17.8 Å². The standard InChI is InChI=1S/C9H7BrN2OS/c1-12-2-8(11-5-12)9(13)6-3-14-4-7(6)10/h2-5H,1H3. The van der Waals surface area contributed by atoms with Gasteiger partial charge in [-0.05, 0) is 15.9 Å². The maximum Gasteiger partial charge on any atom is 0.214 e. The zero-order valence-corrected chi connectivity index (χ0v) is 9.80. The Morgan fingerprint density at radius 2 is 2.36 bits per heavy atom. The van der Waals surface area contributed by atoms with Crippen molar-refractivity contribution in [1.29, 1.82) is 0 Å². The SMILES string of the molecule is Cn1cnc(C(=O)c2cscc2Br)c1. The number of carbonyl (C=O) groups excluding carboxylic acids is 1. The van der Waals surface area contributed by atoms with Gasteiger partial charge in [0.2, 0.25) is 5.78 Å². The molecule has 2 aromatic rings. The van der Waals surface area contributed by atoms with Crippen LogP contribution in [0.4, 0.5) is 0 Å². The van der Waals surface area contributed by atoms with E-state index in [1.165, 1.54) is 11.3 Å². The van der Waals surface area contributed by atoms with Crippen LogP contribution in [0.5, 0.6) is 0 Å². The quantitative estimate of drug-likeness (QED) is 0.786. The summed E-state index contributed by atoms with van der Waals surface area (Å²) < 4.78 is 2.59. The van der Waals surface area contributed by atoms with Gasteiger partial charge in [0, 0.05) is 34.0 Å². The molecule has 2 aromatic heterocycles. The fraction of sp³-hybridized carbons (Fsp3) is 0.111. The largest absolute Gasteiger partial charge is 0.340 e. The van der Waals surface area contributed by atoms with E-state index in [9.17, 15) is 4.79 Å². The smallest absolute Gasteiger partial charge is 0.214 e. The molecule has 0 bridgehead atoms. The number of rotatable bonds is 2. The van der Waals surface area contributed by atoms with Gasteiger partial charge in [-0.1, -0.05) is 0 Å². The summed E-state index contributed by atoms with van der Waals surface area (Å²) in [7, 11) is 1.84. The molecular formula is C9H7BrN2OS. The Balaban J connectivity index is 2.38. The molecule has 14 heavy (non-hydrogen) atoms. The van der Waals surface area contributed by atoms with Gasteiger partial charge in [0.1, 0.15) is 5.69 Å². The van der Waals surface area contributed by atoms with E-state index in [-0.39, 0.29) is 5.78 Å². The Morgan fingerprint density at radius 3 is 2.86 bits per heavy atom. The summed E-state index contributed by atoms with van der Waals surface area (Å²) in [5.41, 5.74) is 1.15. The highest BCUT2D eigenvalue weighted by atomic mass is 79.9. The van der Waals surface area contributed by atoms with Crippen LogP contribution in [0.25, 0.3) is 0 Å². The topological polar surface area (TPSA) is 34.9 Å². The number of imidazole rings is 1.